The summed E-state index contributed by atoms with van der Waals surface area (Å²) in [6.45, 7) is 7.37. The van der Waals surface area contributed by atoms with Crippen LogP contribution in [0.2, 0.25) is 0 Å². The number of nitrogens with zero attached hydrogens (tertiary/aromatic N) is 7. The number of benzene rings is 1. The van der Waals surface area contributed by atoms with Crippen LogP contribution in [-0.2, 0) is 4.74 Å². The first-order valence-electron chi connectivity index (χ1n) is 13.5. The molecule has 0 unspecified atom stereocenters. The number of likely N-dealkylation sites (N-methyl/N-ethyl adjacent to an activating group) is 1. The Labute approximate surface area is 218 Å². The number of aromatic nitrogens is 4. The molecule has 1 aliphatic carbocycles. The summed E-state index contributed by atoms with van der Waals surface area (Å²) in [4.78, 5) is 25.2. The second-order valence-corrected chi connectivity index (χ2v) is 10.3. The molecule has 2 aromatic heterocycles. The molecular weight excluding hydrogens is 468 g/mol. The van der Waals surface area contributed by atoms with Crippen molar-refractivity contribution < 1.29 is 9.47 Å². The van der Waals surface area contributed by atoms with Crippen molar-refractivity contribution in [3.8, 4) is 5.75 Å². The Morgan fingerprint density at radius 3 is 2.43 bits per heavy atom. The van der Waals surface area contributed by atoms with Gasteiger partial charge in [0.05, 0.1) is 24.8 Å². The summed E-state index contributed by atoms with van der Waals surface area (Å²) >= 11 is 0. The average Bonchev–Trinajstić information content (AvgIpc) is 2.95. The highest BCUT2D eigenvalue weighted by Crippen LogP contribution is 2.33. The molecule has 3 aromatic rings. The highest BCUT2D eigenvalue weighted by atomic mass is 16.5. The zero-order valence-corrected chi connectivity index (χ0v) is 21.6. The van der Waals surface area contributed by atoms with Gasteiger partial charge in [-0.25, -0.2) is 15.0 Å². The van der Waals surface area contributed by atoms with Crippen molar-refractivity contribution in [2.45, 2.75) is 37.8 Å². The van der Waals surface area contributed by atoms with Crippen molar-refractivity contribution in [3.63, 3.8) is 0 Å². The maximum Gasteiger partial charge on any atom is 0.149 e. The van der Waals surface area contributed by atoms with E-state index in [1.807, 2.05) is 0 Å². The number of rotatable bonds is 6. The van der Waals surface area contributed by atoms with E-state index in [4.69, 9.17) is 9.47 Å². The summed E-state index contributed by atoms with van der Waals surface area (Å²) in [6.07, 6.45) is 9.36. The lowest BCUT2D eigenvalue weighted by atomic mass is 9.93. The van der Waals surface area contributed by atoms with Crippen LogP contribution in [-0.4, -0.2) is 96.5 Å². The topological polar surface area (TPSA) is 91.8 Å². The minimum absolute atomic E-state index is 0.162. The van der Waals surface area contributed by atoms with Gasteiger partial charge in [-0.05, 0) is 38.8 Å². The SMILES string of the molecule is CN1CCN(c2cc(NC3CCC(Oc4cc(N5CCOCC5)cc5nccnc45)CC3)ncn2)CC1. The van der Waals surface area contributed by atoms with E-state index in [1.165, 1.54) is 0 Å². The molecule has 3 fully saturated rings. The van der Waals surface area contributed by atoms with Crippen LogP contribution in [0.3, 0.4) is 0 Å². The summed E-state index contributed by atoms with van der Waals surface area (Å²) in [5.74, 6) is 2.75. The van der Waals surface area contributed by atoms with Crippen molar-refractivity contribution in [2.24, 2.45) is 0 Å². The zero-order chi connectivity index (χ0) is 25.0. The molecule has 1 saturated carbocycles. The molecule has 6 rings (SSSR count). The number of hydrogen-bond donors (Lipinski definition) is 1. The maximum absolute atomic E-state index is 6.58. The van der Waals surface area contributed by atoms with Crippen LogP contribution in [0.25, 0.3) is 11.0 Å². The molecular formula is C27H36N8O2. The zero-order valence-electron chi connectivity index (χ0n) is 21.6. The fraction of sp³-hybridized carbons (Fsp3) is 0.556. The van der Waals surface area contributed by atoms with Crippen LogP contribution >= 0.6 is 0 Å². The fourth-order valence-electron chi connectivity index (χ4n) is 5.47. The molecule has 10 nitrogen and oxygen atoms in total. The lowest BCUT2D eigenvalue weighted by Crippen LogP contribution is -2.44. The number of fused-ring (bicyclic) bond motifs is 1. The van der Waals surface area contributed by atoms with Gasteiger partial charge >= 0.3 is 0 Å². The van der Waals surface area contributed by atoms with Crippen LogP contribution in [0.5, 0.6) is 5.75 Å². The molecule has 1 aromatic carbocycles. The summed E-state index contributed by atoms with van der Waals surface area (Å²) in [5, 5.41) is 3.65. The predicted octanol–water partition coefficient (Wildman–Crippen LogP) is 2.81. The van der Waals surface area contributed by atoms with E-state index >= 15 is 0 Å². The van der Waals surface area contributed by atoms with Crippen LogP contribution in [0.15, 0.2) is 36.9 Å². The van der Waals surface area contributed by atoms with Gasteiger partial charge in [0.2, 0.25) is 0 Å². The Kier molecular flexibility index (Phi) is 7.18. The van der Waals surface area contributed by atoms with Crippen LogP contribution in [0, 0.1) is 0 Å². The van der Waals surface area contributed by atoms with E-state index in [0.29, 0.717) is 6.04 Å². The van der Waals surface area contributed by atoms with E-state index in [0.717, 1.165) is 112 Å². The van der Waals surface area contributed by atoms with Crippen molar-refractivity contribution in [3.05, 3.63) is 36.9 Å². The predicted molar refractivity (Wildman–Crippen MR) is 145 cm³/mol. The summed E-state index contributed by atoms with van der Waals surface area (Å²) in [6, 6.07) is 6.72. The largest absolute Gasteiger partial charge is 0.488 e. The molecule has 0 spiro atoms. The molecule has 10 heteroatoms. The normalized spacial score (nSPS) is 23.3. The average molecular weight is 505 g/mol. The van der Waals surface area contributed by atoms with Gasteiger partial charge in [0, 0.05) is 75.5 Å². The lowest BCUT2D eigenvalue weighted by molar-refractivity contribution is 0.122. The van der Waals surface area contributed by atoms with Gasteiger partial charge in [0.25, 0.3) is 0 Å². The summed E-state index contributed by atoms with van der Waals surface area (Å²) in [5.41, 5.74) is 2.83. The Balaban J connectivity index is 1.08. The van der Waals surface area contributed by atoms with E-state index in [9.17, 15) is 0 Å². The summed E-state index contributed by atoms with van der Waals surface area (Å²) in [7, 11) is 2.17. The van der Waals surface area contributed by atoms with Gasteiger partial charge in [0.15, 0.2) is 0 Å². The molecule has 2 aliphatic heterocycles. The van der Waals surface area contributed by atoms with Gasteiger partial charge < -0.3 is 29.5 Å². The molecule has 2 saturated heterocycles. The molecule has 0 radical (unpaired) electrons. The summed E-state index contributed by atoms with van der Waals surface area (Å²) < 4.78 is 12.1. The van der Waals surface area contributed by atoms with Crippen molar-refractivity contribution in [1.82, 2.24) is 24.8 Å². The van der Waals surface area contributed by atoms with E-state index in [1.54, 1.807) is 18.7 Å². The number of morpholine rings is 1. The monoisotopic (exact) mass is 504 g/mol. The molecule has 196 valence electrons. The third-order valence-electron chi connectivity index (χ3n) is 7.70. The molecule has 3 aliphatic rings. The second kappa shape index (κ2) is 11.0. The maximum atomic E-state index is 6.58. The highest BCUT2D eigenvalue weighted by molar-refractivity contribution is 5.85. The number of anilines is 3. The van der Waals surface area contributed by atoms with Crippen LogP contribution in [0.1, 0.15) is 25.7 Å². The first kappa shape index (κ1) is 24.1. The molecule has 0 atom stereocenters. The van der Waals surface area contributed by atoms with Gasteiger partial charge in [-0.15, -0.1) is 0 Å². The van der Waals surface area contributed by atoms with Crippen molar-refractivity contribution >= 4 is 28.4 Å². The van der Waals surface area contributed by atoms with Crippen LogP contribution in [0.4, 0.5) is 17.3 Å². The van der Waals surface area contributed by atoms with Gasteiger partial charge in [0.1, 0.15) is 29.2 Å². The fourth-order valence-corrected chi connectivity index (χ4v) is 5.47. The quantitative estimate of drug-likeness (QED) is 0.540. The standard InChI is InChI=1S/C27H36N8O2/c1-33-8-10-35(11-9-33)26-18-25(30-19-31-26)32-20-2-4-22(5-3-20)37-24-17-21(34-12-14-36-15-13-34)16-23-27(24)29-7-6-28-23/h6-7,16-20,22H,2-5,8-15H2,1H3,(H,30,31,32). The number of piperazine rings is 1. The van der Waals surface area contributed by atoms with Gasteiger partial charge in [-0.3, -0.25) is 4.98 Å². The third-order valence-corrected chi connectivity index (χ3v) is 7.70. The first-order valence-corrected chi connectivity index (χ1v) is 13.5. The third kappa shape index (κ3) is 5.70. The molecule has 1 N–H and O–H groups in total. The Morgan fingerprint density at radius 2 is 1.62 bits per heavy atom. The number of nitrogens with one attached hydrogen (secondary N) is 1. The minimum atomic E-state index is 0.162. The van der Waals surface area contributed by atoms with Crippen molar-refractivity contribution in [2.75, 3.05) is 74.6 Å². The van der Waals surface area contributed by atoms with Crippen LogP contribution < -0.4 is 19.9 Å². The smallest absolute Gasteiger partial charge is 0.149 e. The Morgan fingerprint density at radius 1 is 0.838 bits per heavy atom. The number of ether oxygens (including phenoxy) is 2. The first-order chi connectivity index (χ1) is 18.2. The number of hydrogen-bond acceptors (Lipinski definition) is 10. The molecule has 37 heavy (non-hydrogen) atoms. The van der Waals surface area contributed by atoms with Gasteiger partial charge in [-0.1, -0.05) is 0 Å². The van der Waals surface area contributed by atoms with Gasteiger partial charge in [-0.2, -0.15) is 0 Å². The van der Waals surface area contributed by atoms with E-state index in [2.05, 4.69) is 65.2 Å². The Bertz CT molecular complexity index is 1190. The van der Waals surface area contributed by atoms with Crippen molar-refractivity contribution in [1.29, 1.82) is 0 Å². The second-order valence-electron chi connectivity index (χ2n) is 10.3. The van der Waals surface area contributed by atoms with E-state index < -0.39 is 0 Å². The minimum Gasteiger partial charge on any atom is -0.488 e. The lowest BCUT2D eigenvalue weighted by Gasteiger charge is -2.33. The van der Waals surface area contributed by atoms with E-state index in [-0.39, 0.29) is 6.10 Å². The molecule has 0 amide bonds. The highest BCUT2D eigenvalue weighted by Gasteiger charge is 2.25. The molecule has 0 bridgehead atoms. The Hall–Kier alpha value is -3.24. The molecule has 4 heterocycles.